The third-order valence-corrected chi connectivity index (χ3v) is 5.01. The molecule has 0 aliphatic carbocycles. The summed E-state index contributed by atoms with van der Waals surface area (Å²) in [6.07, 6.45) is 0. The Morgan fingerprint density at radius 1 is 1.19 bits per heavy atom. The van der Waals surface area contributed by atoms with Crippen molar-refractivity contribution in [3.63, 3.8) is 0 Å². The number of rotatable bonds is 5. The molecule has 3 N–H and O–H groups in total. The van der Waals surface area contributed by atoms with E-state index in [-0.39, 0.29) is 11.7 Å². The van der Waals surface area contributed by atoms with Gasteiger partial charge < -0.3 is 11.1 Å². The molecule has 2 aromatic carbocycles. The number of benzene rings is 2. The highest BCUT2D eigenvalue weighted by Gasteiger charge is 2.19. The van der Waals surface area contributed by atoms with Gasteiger partial charge in [-0.2, -0.15) is 4.98 Å². The molecule has 0 aliphatic heterocycles. The highest BCUT2D eigenvalue weighted by molar-refractivity contribution is 8.00. The lowest BCUT2D eigenvalue weighted by Crippen LogP contribution is -2.24. The van der Waals surface area contributed by atoms with Crippen LogP contribution >= 0.6 is 23.4 Å². The second kappa shape index (κ2) is 8.28. The minimum Gasteiger partial charge on any atom is -0.385 e. The Balaban J connectivity index is 1.85. The lowest BCUT2D eigenvalue weighted by molar-refractivity contribution is -0.115. The van der Waals surface area contributed by atoms with E-state index >= 15 is 0 Å². The fraction of sp³-hybridized carbons (Fsp3) is 0.105. The van der Waals surface area contributed by atoms with Gasteiger partial charge in [-0.15, -0.1) is 0 Å². The number of hydrogen-bond donors (Lipinski definition) is 2. The molecule has 8 heteroatoms. The first-order chi connectivity index (χ1) is 12.9. The van der Waals surface area contributed by atoms with Crippen molar-refractivity contribution in [2.24, 2.45) is 0 Å². The van der Waals surface area contributed by atoms with Crippen molar-refractivity contribution in [2.45, 2.75) is 17.3 Å². The predicted molar refractivity (Wildman–Crippen MR) is 110 cm³/mol. The zero-order valence-corrected chi connectivity index (χ0v) is 16.0. The number of nitrogen functional groups attached to an aromatic ring is 1. The van der Waals surface area contributed by atoms with Crippen LogP contribution in [0.15, 0.2) is 70.6 Å². The van der Waals surface area contributed by atoms with Gasteiger partial charge in [-0.05, 0) is 43.3 Å². The Kier molecular flexibility index (Phi) is 5.83. The smallest absolute Gasteiger partial charge is 0.275 e. The standard InChI is InChI=1S/C19H17ClN4O2S/c1-12(18(26)22-14-9-7-13(20)8-10-14)27-19-23-17(25)11-16(21)24(19)15-5-3-2-4-6-15/h2-12H,21H2,1H3,(H,22,26)/t12-/m0/s1. The van der Waals surface area contributed by atoms with Gasteiger partial charge >= 0.3 is 0 Å². The van der Waals surface area contributed by atoms with Gasteiger partial charge in [0.2, 0.25) is 5.91 Å². The average molecular weight is 401 g/mol. The minimum atomic E-state index is -0.510. The quantitative estimate of drug-likeness (QED) is 0.504. The Bertz CT molecular complexity index is 1010. The summed E-state index contributed by atoms with van der Waals surface area (Å²) in [4.78, 5) is 28.4. The SMILES string of the molecule is C[C@H](Sc1nc(=O)cc(N)n1-c1ccccc1)C(=O)Nc1ccc(Cl)cc1. The van der Waals surface area contributed by atoms with Crippen LogP contribution in [0.25, 0.3) is 5.69 Å². The molecule has 27 heavy (non-hydrogen) atoms. The number of anilines is 2. The second-order valence-corrected chi connectivity index (χ2v) is 7.47. The molecule has 0 saturated carbocycles. The van der Waals surface area contributed by atoms with Crippen LogP contribution in [0.3, 0.4) is 0 Å². The first kappa shape index (κ1) is 19.0. The van der Waals surface area contributed by atoms with Gasteiger partial charge in [-0.1, -0.05) is 41.6 Å². The maximum atomic E-state index is 12.5. The lowest BCUT2D eigenvalue weighted by Gasteiger charge is -2.17. The number of aromatic nitrogens is 2. The summed E-state index contributed by atoms with van der Waals surface area (Å²) in [5.74, 6) is 0.0348. The molecular weight excluding hydrogens is 384 g/mol. The summed E-state index contributed by atoms with van der Waals surface area (Å²) in [6.45, 7) is 1.74. The maximum absolute atomic E-state index is 12.5. The van der Waals surface area contributed by atoms with E-state index in [4.69, 9.17) is 17.3 Å². The maximum Gasteiger partial charge on any atom is 0.275 e. The largest absolute Gasteiger partial charge is 0.385 e. The lowest BCUT2D eigenvalue weighted by atomic mass is 10.3. The van der Waals surface area contributed by atoms with Crippen molar-refractivity contribution in [3.8, 4) is 5.69 Å². The number of hydrogen-bond acceptors (Lipinski definition) is 5. The number of carbonyl (C=O) groups is 1. The van der Waals surface area contributed by atoms with Crippen LogP contribution in [0.1, 0.15) is 6.92 Å². The van der Waals surface area contributed by atoms with Gasteiger partial charge in [-0.25, -0.2) is 0 Å². The first-order valence-electron chi connectivity index (χ1n) is 8.12. The zero-order valence-electron chi connectivity index (χ0n) is 14.4. The molecule has 0 spiro atoms. The summed E-state index contributed by atoms with van der Waals surface area (Å²) < 4.78 is 1.65. The molecule has 0 bridgehead atoms. The second-order valence-electron chi connectivity index (χ2n) is 5.73. The Labute approximate surface area is 165 Å². The summed E-state index contributed by atoms with van der Waals surface area (Å²) in [7, 11) is 0. The van der Waals surface area contributed by atoms with Gasteiger partial charge in [0.15, 0.2) is 5.16 Å². The Morgan fingerprint density at radius 3 is 2.52 bits per heavy atom. The third-order valence-electron chi connectivity index (χ3n) is 3.70. The Hall–Kier alpha value is -2.77. The summed E-state index contributed by atoms with van der Waals surface area (Å²) in [6, 6.07) is 17.4. The van der Waals surface area contributed by atoms with Crippen molar-refractivity contribution < 1.29 is 4.79 Å². The third kappa shape index (κ3) is 4.69. The number of amides is 1. The van der Waals surface area contributed by atoms with E-state index in [1.165, 1.54) is 6.07 Å². The van der Waals surface area contributed by atoms with Gasteiger partial charge in [0.05, 0.1) is 5.25 Å². The van der Waals surface area contributed by atoms with Crippen molar-refractivity contribution >= 4 is 40.8 Å². The van der Waals surface area contributed by atoms with Crippen molar-refractivity contribution in [3.05, 3.63) is 76.0 Å². The zero-order chi connectivity index (χ0) is 19.4. The van der Waals surface area contributed by atoms with Crippen molar-refractivity contribution in [1.82, 2.24) is 9.55 Å². The molecule has 138 valence electrons. The van der Waals surface area contributed by atoms with Gasteiger partial charge in [-0.3, -0.25) is 14.2 Å². The fourth-order valence-corrected chi connectivity index (χ4v) is 3.45. The number of nitrogens with two attached hydrogens (primary N) is 1. The number of carbonyl (C=O) groups excluding carboxylic acids is 1. The molecule has 0 radical (unpaired) electrons. The van der Waals surface area contributed by atoms with Crippen LogP contribution in [-0.4, -0.2) is 20.7 Å². The Morgan fingerprint density at radius 2 is 1.85 bits per heavy atom. The molecule has 1 atom stereocenters. The average Bonchev–Trinajstić information content (AvgIpc) is 2.64. The molecule has 0 aliphatic rings. The van der Waals surface area contributed by atoms with E-state index in [2.05, 4.69) is 10.3 Å². The van der Waals surface area contributed by atoms with E-state index in [0.717, 1.165) is 17.4 Å². The summed E-state index contributed by atoms with van der Waals surface area (Å²) in [5, 5.41) is 3.24. The molecule has 0 unspecified atom stereocenters. The van der Waals surface area contributed by atoms with E-state index in [9.17, 15) is 9.59 Å². The molecule has 1 aromatic heterocycles. The number of halogens is 1. The van der Waals surface area contributed by atoms with Crippen LogP contribution < -0.4 is 16.6 Å². The topological polar surface area (TPSA) is 90.0 Å². The van der Waals surface area contributed by atoms with Crippen LogP contribution in [0, 0.1) is 0 Å². The number of para-hydroxylation sites is 1. The number of nitrogens with one attached hydrogen (secondary N) is 1. The highest BCUT2D eigenvalue weighted by Crippen LogP contribution is 2.26. The summed E-state index contributed by atoms with van der Waals surface area (Å²) >= 11 is 7.01. The van der Waals surface area contributed by atoms with E-state index in [0.29, 0.717) is 15.9 Å². The predicted octanol–water partition coefficient (Wildman–Crippen LogP) is 3.59. The molecule has 0 saturated heterocycles. The van der Waals surface area contributed by atoms with Gasteiger partial charge in [0.1, 0.15) is 5.82 Å². The molecule has 0 fully saturated rings. The van der Waals surface area contributed by atoms with Crippen molar-refractivity contribution in [1.29, 1.82) is 0 Å². The van der Waals surface area contributed by atoms with E-state index < -0.39 is 10.8 Å². The van der Waals surface area contributed by atoms with Crippen LogP contribution in [0.4, 0.5) is 11.5 Å². The van der Waals surface area contributed by atoms with Crippen molar-refractivity contribution in [2.75, 3.05) is 11.1 Å². The minimum absolute atomic E-state index is 0.224. The summed E-state index contributed by atoms with van der Waals surface area (Å²) in [5.41, 5.74) is 6.99. The highest BCUT2D eigenvalue weighted by atomic mass is 35.5. The van der Waals surface area contributed by atoms with Crippen LogP contribution in [0.5, 0.6) is 0 Å². The van der Waals surface area contributed by atoms with E-state index in [1.54, 1.807) is 35.8 Å². The molecule has 3 rings (SSSR count). The molecule has 1 amide bonds. The number of nitrogens with zero attached hydrogens (tertiary/aromatic N) is 2. The number of thioether (sulfide) groups is 1. The van der Waals surface area contributed by atoms with Crippen LogP contribution in [0.2, 0.25) is 5.02 Å². The van der Waals surface area contributed by atoms with Gasteiger partial charge in [0, 0.05) is 22.5 Å². The monoisotopic (exact) mass is 400 g/mol. The molecule has 6 nitrogen and oxygen atoms in total. The molecule has 1 heterocycles. The van der Waals surface area contributed by atoms with E-state index in [1.807, 2.05) is 30.3 Å². The fourth-order valence-electron chi connectivity index (χ4n) is 2.38. The molecular formula is C19H17ClN4O2S. The van der Waals surface area contributed by atoms with Gasteiger partial charge in [0.25, 0.3) is 5.56 Å². The normalized spacial score (nSPS) is 11.8. The van der Waals surface area contributed by atoms with Crippen LogP contribution in [-0.2, 0) is 4.79 Å². The molecule has 3 aromatic rings. The first-order valence-corrected chi connectivity index (χ1v) is 9.38.